The van der Waals surface area contributed by atoms with Crippen LogP contribution in [0.1, 0.15) is 23.1 Å². The second-order valence-corrected chi connectivity index (χ2v) is 8.65. The molecule has 0 spiro atoms. The number of rotatable bonds is 8. The molecule has 2 heterocycles. The summed E-state index contributed by atoms with van der Waals surface area (Å²) in [5.41, 5.74) is 1.43. The third-order valence-electron chi connectivity index (χ3n) is 5.72. The first-order valence-electron chi connectivity index (χ1n) is 10.6. The molecule has 1 unspecified atom stereocenters. The van der Waals surface area contributed by atoms with E-state index in [4.69, 9.17) is 23.8 Å². The van der Waals surface area contributed by atoms with E-state index in [-0.39, 0.29) is 18.2 Å². The number of amides is 2. The summed E-state index contributed by atoms with van der Waals surface area (Å²) in [4.78, 5) is 32.3. The number of aromatic nitrogens is 1. The van der Waals surface area contributed by atoms with Crippen molar-refractivity contribution in [3.63, 3.8) is 0 Å². The van der Waals surface area contributed by atoms with E-state index in [1.165, 1.54) is 0 Å². The van der Waals surface area contributed by atoms with Crippen molar-refractivity contribution in [1.29, 1.82) is 0 Å². The molecule has 8 heteroatoms. The number of hydrogen-bond acceptors (Lipinski definition) is 4. The van der Waals surface area contributed by atoms with Crippen molar-refractivity contribution in [3.8, 4) is 0 Å². The maximum atomic E-state index is 13.3. The largest absolute Gasteiger partial charge is 0.352 e. The Kier molecular flexibility index (Phi) is 7.01. The Morgan fingerprint density at radius 3 is 2.52 bits per heavy atom. The summed E-state index contributed by atoms with van der Waals surface area (Å²) >= 11 is 11.5. The number of nitrogens with zero attached hydrogens (tertiary/aromatic N) is 2. The zero-order valence-electron chi connectivity index (χ0n) is 17.8. The number of carbonyl (C=O) groups excluding carboxylic acids is 2. The minimum absolute atomic E-state index is 0.0656. The van der Waals surface area contributed by atoms with Gasteiger partial charge in [0.1, 0.15) is 0 Å². The minimum Gasteiger partial charge on any atom is -0.352 e. The lowest BCUT2D eigenvalue weighted by Crippen LogP contribution is -2.50. The summed E-state index contributed by atoms with van der Waals surface area (Å²) in [5.74, 6) is -0.551. The molecular weight excluding hydrogens is 456 g/mol. The number of halogens is 1. The molecule has 1 saturated heterocycles. The fourth-order valence-electron chi connectivity index (χ4n) is 4.03. The van der Waals surface area contributed by atoms with E-state index >= 15 is 0 Å². The van der Waals surface area contributed by atoms with Crippen LogP contribution in [-0.4, -0.2) is 33.4 Å². The highest BCUT2D eigenvalue weighted by molar-refractivity contribution is 7.80. The van der Waals surface area contributed by atoms with Gasteiger partial charge >= 0.3 is 0 Å². The third kappa shape index (κ3) is 5.05. The van der Waals surface area contributed by atoms with Crippen LogP contribution in [0.3, 0.4) is 0 Å². The van der Waals surface area contributed by atoms with Gasteiger partial charge in [-0.15, -0.1) is 0 Å². The normalized spacial score (nSPS) is 17.7. The van der Waals surface area contributed by atoms with E-state index < -0.39 is 5.54 Å². The van der Waals surface area contributed by atoms with Crippen molar-refractivity contribution in [2.24, 2.45) is 0 Å². The van der Waals surface area contributed by atoms with Crippen LogP contribution in [0, 0.1) is 0 Å². The van der Waals surface area contributed by atoms with Crippen LogP contribution in [0.2, 0.25) is 5.02 Å². The molecule has 0 bridgehead atoms. The van der Waals surface area contributed by atoms with Crippen LogP contribution >= 0.6 is 23.8 Å². The van der Waals surface area contributed by atoms with E-state index in [9.17, 15) is 9.59 Å². The second-order valence-electron chi connectivity index (χ2n) is 7.83. The Hall–Kier alpha value is -3.29. The van der Waals surface area contributed by atoms with Gasteiger partial charge in [-0.05, 0) is 53.5 Å². The summed E-state index contributed by atoms with van der Waals surface area (Å²) in [7, 11) is 0. The summed E-state index contributed by atoms with van der Waals surface area (Å²) in [6.07, 6.45) is 3.95. The highest BCUT2D eigenvalue weighted by Gasteiger charge is 2.53. The van der Waals surface area contributed by atoms with Crippen molar-refractivity contribution in [1.82, 2.24) is 20.5 Å². The molecule has 2 N–H and O–H groups in total. The Bertz CT molecular complexity index is 1140. The lowest BCUT2D eigenvalue weighted by atomic mass is 9.84. The SMILES string of the molecule is O=C(CC1(c2ccccc2)C(=O)NC(=S)N1CCc1ccc(Cl)cc1)NCc1cccnc1. The third-order valence-corrected chi connectivity index (χ3v) is 6.29. The van der Waals surface area contributed by atoms with Gasteiger partial charge in [0.2, 0.25) is 5.91 Å². The molecule has 2 aromatic carbocycles. The number of hydrogen-bond donors (Lipinski definition) is 2. The second kappa shape index (κ2) is 10.1. The quantitative estimate of drug-likeness (QED) is 0.484. The Morgan fingerprint density at radius 1 is 1.06 bits per heavy atom. The molecule has 0 radical (unpaired) electrons. The molecule has 1 aliphatic heterocycles. The van der Waals surface area contributed by atoms with Crippen LogP contribution in [0.25, 0.3) is 0 Å². The zero-order valence-corrected chi connectivity index (χ0v) is 19.4. The van der Waals surface area contributed by atoms with Gasteiger partial charge in [0, 0.05) is 30.5 Å². The number of nitrogens with one attached hydrogen (secondary N) is 2. The van der Waals surface area contributed by atoms with Gasteiger partial charge in [-0.3, -0.25) is 14.6 Å². The van der Waals surface area contributed by atoms with Crippen molar-refractivity contribution in [2.45, 2.75) is 24.9 Å². The summed E-state index contributed by atoms with van der Waals surface area (Å²) < 4.78 is 0. The zero-order chi connectivity index (χ0) is 23.3. The first-order chi connectivity index (χ1) is 16.0. The van der Waals surface area contributed by atoms with Crippen molar-refractivity contribution in [2.75, 3.05) is 6.54 Å². The molecular formula is C25H23ClN4O2S. The lowest BCUT2D eigenvalue weighted by molar-refractivity contribution is -0.133. The van der Waals surface area contributed by atoms with Crippen LogP contribution in [0.4, 0.5) is 0 Å². The average Bonchev–Trinajstić information content (AvgIpc) is 3.07. The molecule has 1 atom stereocenters. The van der Waals surface area contributed by atoms with Crippen molar-refractivity contribution >= 4 is 40.7 Å². The Morgan fingerprint density at radius 2 is 1.82 bits per heavy atom. The highest BCUT2D eigenvalue weighted by atomic mass is 35.5. The van der Waals surface area contributed by atoms with Gasteiger partial charge in [0.25, 0.3) is 5.91 Å². The predicted molar refractivity (Wildman–Crippen MR) is 131 cm³/mol. The van der Waals surface area contributed by atoms with E-state index in [0.29, 0.717) is 29.6 Å². The van der Waals surface area contributed by atoms with Gasteiger partial charge in [-0.2, -0.15) is 0 Å². The molecule has 33 heavy (non-hydrogen) atoms. The van der Waals surface area contributed by atoms with E-state index in [0.717, 1.165) is 16.7 Å². The van der Waals surface area contributed by atoms with Crippen LogP contribution in [0.15, 0.2) is 79.1 Å². The fourth-order valence-corrected chi connectivity index (χ4v) is 4.49. The monoisotopic (exact) mass is 478 g/mol. The minimum atomic E-state index is -1.23. The van der Waals surface area contributed by atoms with Crippen LogP contribution < -0.4 is 10.6 Å². The number of pyridine rings is 1. The number of benzene rings is 2. The van der Waals surface area contributed by atoms with Crippen molar-refractivity contribution < 1.29 is 9.59 Å². The molecule has 1 fully saturated rings. The maximum absolute atomic E-state index is 13.3. The summed E-state index contributed by atoms with van der Waals surface area (Å²) in [6, 6.07) is 20.6. The average molecular weight is 479 g/mol. The van der Waals surface area contributed by atoms with Gasteiger partial charge < -0.3 is 15.5 Å². The highest BCUT2D eigenvalue weighted by Crippen LogP contribution is 2.37. The van der Waals surface area contributed by atoms with E-state index in [1.807, 2.05) is 71.6 Å². The standard InChI is InChI=1S/C25H23ClN4O2S/c26-21-10-8-18(9-11-21)12-14-30-24(33)29-23(32)25(30,20-6-2-1-3-7-20)15-22(31)28-17-19-5-4-13-27-16-19/h1-11,13,16H,12,14-15,17H2,(H,28,31)(H,29,32,33). The molecule has 1 aliphatic rings. The lowest BCUT2D eigenvalue weighted by Gasteiger charge is -2.36. The Balaban J connectivity index is 1.60. The first kappa shape index (κ1) is 22.9. The van der Waals surface area contributed by atoms with Gasteiger partial charge in [0.05, 0.1) is 6.42 Å². The topological polar surface area (TPSA) is 74.3 Å². The van der Waals surface area contributed by atoms with Crippen LogP contribution in [-0.2, 0) is 28.1 Å². The molecule has 2 amide bonds. The number of carbonyl (C=O) groups is 2. The predicted octanol–water partition coefficient (Wildman–Crippen LogP) is 3.60. The molecule has 6 nitrogen and oxygen atoms in total. The molecule has 3 aromatic rings. The van der Waals surface area contributed by atoms with Crippen LogP contribution in [0.5, 0.6) is 0 Å². The first-order valence-corrected chi connectivity index (χ1v) is 11.4. The van der Waals surface area contributed by atoms with Gasteiger partial charge in [-0.25, -0.2) is 0 Å². The molecule has 168 valence electrons. The Labute approximate surface area is 203 Å². The molecule has 0 saturated carbocycles. The summed E-state index contributed by atoms with van der Waals surface area (Å²) in [5, 5.41) is 6.68. The molecule has 0 aliphatic carbocycles. The fraction of sp³-hybridized carbons (Fsp3) is 0.200. The maximum Gasteiger partial charge on any atom is 0.257 e. The van der Waals surface area contributed by atoms with Gasteiger partial charge in [-0.1, -0.05) is 60.1 Å². The molecule has 1 aromatic heterocycles. The van der Waals surface area contributed by atoms with Gasteiger partial charge in [0.15, 0.2) is 10.7 Å². The van der Waals surface area contributed by atoms with Crippen molar-refractivity contribution in [3.05, 3.63) is 101 Å². The van der Waals surface area contributed by atoms with E-state index in [1.54, 1.807) is 12.4 Å². The van der Waals surface area contributed by atoms with E-state index in [2.05, 4.69) is 15.6 Å². The summed E-state index contributed by atoms with van der Waals surface area (Å²) in [6.45, 7) is 0.790. The number of thiocarbonyl (C=S) groups is 1. The molecule has 4 rings (SSSR count). The smallest absolute Gasteiger partial charge is 0.257 e.